The van der Waals surface area contributed by atoms with Gasteiger partial charge in [-0.3, -0.25) is 9.59 Å². The summed E-state index contributed by atoms with van der Waals surface area (Å²) < 4.78 is 0. The quantitative estimate of drug-likeness (QED) is 0.873. The van der Waals surface area contributed by atoms with Gasteiger partial charge < -0.3 is 14.9 Å². The molecule has 2 saturated carbocycles. The summed E-state index contributed by atoms with van der Waals surface area (Å²) in [5.41, 5.74) is 0.299. The number of hydrogen-bond acceptors (Lipinski definition) is 3. The van der Waals surface area contributed by atoms with E-state index >= 15 is 0 Å². The summed E-state index contributed by atoms with van der Waals surface area (Å²) in [4.78, 5) is 30.4. The fourth-order valence-corrected chi connectivity index (χ4v) is 6.32. The summed E-state index contributed by atoms with van der Waals surface area (Å²) in [6.07, 6.45) is 7.81. The minimum Gasteiger partial charge on any atom is -0.507 e. The average molecular weight is 368 g/mol. The van der Waals surface area contributed by atoms with Crippen molar-refractivity contribution in [2.75, 3.05) is 13.1 Å². The second-order valence-electron chi connectivity index (χ2n) is 9.09. The number of benzene rings is 1. The molecule has 3 atom stereocenters. The van der Waals surface area contributed by atoms with Crippen molar-refractivity contribution in [2.24, 2.45) is 17.8 Å². The Balaban J connectivity index is 1.38. The molecule has 3 saturated heterocycles. The van der Waals surface area contributed by atoms with Crippen molar-refractivity contribution < 1.29 is 14.7 Å². The van der Waals surface area contributed by atoms with E-state index in [2.05, 4.69) is 4.90 Å². The number of phenols is 1. The number of carbonyl (C=O) groups excluding carboxylic acids is 2. The molecule has 6 rings (SSSR count). The summed E-state index contributed by atoms with van der Waals surface area (Å²) in [6.45, 7) is 1.47. The second kappa shape index (κ2) is 6.54. The van der Waals surface area contributed by atoms with Gasteiger partial charge in [0, 0.05) is 19.1 Å². The Morgan fingerprint density at radius 2 is 1.63 bits per heavy atom. The van der Waals surface area contributed by atoms with Crippen LogP contribution in [0.25, 0.3) is 0 Å². The van der Waals surface area contributed by atoms with Crippen LogP contribution in [0, 0.1) is 17.8 Å². The van der Waals surface area contributed by atoms with Gasteiger partial charge in [0.25, 0.3) is 5.91 Å². The molecule has 3 heterocycles. The number of nitrogens with zero attached hydrogens (tertiary/aromatic N) is 2. The lowest BCUT2D eigenvalue weighted by atomic mass is 9.68. The van der Waals surface area contributed by atoms with E-state index in [1.807, 2.05) is 0 Å². The van der Waals surface area contributed by atoms with Crippen LogP contribution in [0.5, 0.6) is 5.75 Å². The molecule has 27 heavy (non-hydrogen) atoms. The van der Waals surface area contributed by atoms with Crippen LogP contribution in [0.15, 0.2) is 24.3 Å². The lowest BCUT2D eigenvalue weighted by Gasteiger charge is -2.40. The third-order valence-electron chi connectivity index (χ3n) is 7.32. The van der Waals surface area contributed by atoms with E-state index < -0.39 is 0 Å². The predicted molar refractivity (Wildman–Crippen MR) is 101 cm³/mol. The van der Waals surface area contributed by atoms with E-state index in [1.165, 1.54) is 25.3 Å². The molecule has 0 radical (unpaired) electrons. The van der Waals surface area contributed by atoms with E-state index in [0.717, 1.165) is 44.1 Å². The van der Waals surface area contributed by atoms with Gasteiger partial charge in [0.05, 0.1) is 5.56 Å². The highest BCUT2D eigenvalue weighted by molar-refractivity contribution is 6.00. The minimum atomic E-state index is -0.368. The number of phenolic OH excluding ortho intramolecular Hbond substituents is 1. The van der Waals surface area contributed by atoms with Crippen molar-refractivity contribution in [1.82, 2.24) is 9.80 Å². The Morgan fingerprint density at radius 3 is 2.37 bits per heavy atom. The zero-order valence-electron chi connectivity index (χ0n) is 15.7. The molecule has 1 aromatic rings. The molecule has 2 aliphatic carbocycles. The standard InChI is InChI=1S/C22H28N2O3/c25-20-6-2-1-4-18(20)21(26)23-7-3-5-19(23)22(27)24-13-16-9-14-8-15(10-16)12-17(24)11-14/h1-2,4,6,14-17,19,25H,3,5,7-13H2. The molecule has 5 nitrogen and oxygen atoms in total. The highest BCUT2D eigenvalue weighted by atomic mass is 16.3. The van der Waals surface area contributed by atoms with Gasteiger partial charge in [-0.15, -0.1) is 0 Å². The van der Waals surface area contributed by atoms with E-state index in [1.54, 1.807) is 23.1 Å². The van der Waals surface area contributed by atoms with Gasteiger partial charge in [-0.1, -0.05) is 12.1 Å². The summed E-state index contributed by atoms with van der Waals surface area (Å²) in [7, 11) is 0. The van der Waals surface area contributed by atoms with E-state index in [0.29, 0.717) is 24.1 Å². The lowest BCUT2D eigenvalue weighted by molar-refractivity contribution is -0.138. The molecule has 0 aromatic heterocycles. The minimum absolute atomic E-state index is 0.00804. The molecule has 5 aliphatic rings. The van der Waals surface area contributed by atoms with Gasteiger partial charge in [-0.25, -0.2) is 0 Å². The highest BCUT2D eigenvalue weighted by Crippen LogP contribution is 2.47. The fourth-order valence-electron chi connectivity index (χ4n) is 6.32. The summed E-state index contributed by atoms with van der Waals surface area (Å²) in [5, 5.41) is 10.1. The molecule has 5 fully saturated rings. The molecule has 4 bridgehead atoms. The first-order valence-electron chi connectivity index (χ1n) is 10.5. The molecule has 3 unspecified atom stereocenters. The van der Waals surface area contributed by atoms with E-state index in [9.17, 15) is 14.7 Å². The Hall–Kier alpha value is -2.04. The van der Waals surface area contributed by atoms with Crippen LogP contribution in [0.2, 0.25) is 0 Å². The number of likely N-dealkylation sites (tertiary alicyclic amines) is 1. The van der Waals surface area contributed by atoms with Crippen LogP contribution in [-0.2, 0) is 4.79 Å². The van der Waals surface area contributed by atoms with Crippen LogP contribution in [0.1, 0.15) is 55.3 Å². The van der Waals surface area contributed by atoms with Crippen molar-refractivity contribution in [2.45, 2.75) is 57.0 Å². The van der Waals surface area contributed by atoms with Gasteiger partial charge in [0.15, 0.2) is 0 Å². The first-order valence-corrected chi connectivity index (χ1v) is 10.5. The van der Waals surface area contributed by atoms with E-state index in [-0.39, 0.29) is 23.6 Å². The van der Waals surface area contributed by atoms with Gasteiger partial charge in [-0.2, -0.15) is 0 Å². The Morgan fingerprint density at radius 1 is 0.926 bits per heavy atom. The molecule has 1 aromatic carbocycles. The average Bonchev–Trinajstić information content (AvgIpc) is 3.06. The Kier molecular flexibility index (Phi) is 4.14. The smallest absolute Gasteiger partial charge is 0.258 e. The highest BCUT2D eigenvalue weighted by Gasteiger charge is 2.47. The Bertz CT molecular complexity index is 750. The SMILES string of the molecule is O=C(C1CCCN1C(=O)c1ccccc1O)N1CC2CC3CC(C2)CC1C3. The fraction of sp³-hybridized carbons (Fsp3) is 0.636. The van der Waals surface area contributed by atoms with Gasteiger partial charge in [0.2, 0.25) is 5.91 Å². The van der Waals surface area contributed by atoms with Crippen LogP contribution >= 0.6 is 0 Å². The number of aromatic hydroxyl groups is 1. The number of amides is 2. The third-order valence-corrected chi connectivity index (χ3v) is 7.32. The van der Waals surface area contributed by atoms with Crippen molar-refractivity contribution >= 4 is 11.8 Å². The molecule has 2 amide bonds. The first kappa shape index (κ1) is 17.1. The summed E-state index contributed by atoms with van der Waals surface area (Å²) in [6, 6.07) is 6.64. The molecule has 144 valence electrons. The Labute approximate surface area is 160 Å². The molecular weight excluding hydrogens is 340 g/mol. The normalized spacial score (nSPS) is 34.7. The van der Waals surface area contributed by atoms with Crippen LogP contribution in [0.3, 0.4) is 0 Å². The van der Waals surface area contributed by atoms with Crippen molar-refractivity contribution in [3.05, 3.63) is 29.8 Å². The predicted octanol–water partition coefficient (Wildman–Crippen LogP) is 3.03. The zero-order valence-corrected chi connectivity index (χ0v) is 15.7. The third kappa shape index (κ3) is 2.91. The first-order chi connectivity index (χ1) is 13.1. The summed E-state index contributed by atoms with van der Waals surface area (Å²) >= 11 is 0. The van der Waals surface area contributed by atoms with Crippen LogP contribution < -0.4 is 0 Å². The molecule has 1 N–H and O–H groups in total. The van der Waals surface area contributed by atoms with Crippen LogP contribution in [-0.4, -0.2) is 51.9 Å². The number of hydrogen-bond donors (Lipinski definition) is 1. The summed E-state index contributed by atoms with van der Waals surface area (Å²) in [5.74, 6) is 2.17. The number of fused-ring (bicyclic) bond motifs is 1. The second-order valence-corrected chi connectivity index (χ2v) is 9.09. The maximum absolute atomic E-state index is 13.5. The monoisotopic (exact) mass is 368 g/mol. The van der Waals surface area contributed by atoms with Crippen molar-refractivity contribution in [1.29, 1.82) is 0 Å². The molecule has 0 spiro atoms. The molecule has 5 heteroatoms. The van der Waals surface area contributed by atoms with Gasteiger partial charge in [0.1, 0.15) is 11.8 Å². The topological polar surface area (TPSA) is 60.9 Å². The number of para-hydroxylation sites is 1. The van der Waals surface area contributed by atoms with Crippen molar-refractivity contribution in [3.63, 3.8) is 0 Å². The zero-order chi connectivity index (χ0) is 18.5. The maximum atomic E-state index is 13.5. The number of rotatable bonds is 2. The van der Waals surface area contributed by atoms with Crippen molar-refractivity contribution in [3.8, 4) is 5.75 Å². The van der Waals surface area contributed by atoms with Gasteiger partial charge >= 0.3 is 0 Å². The van der Waals surface area contributed by atoms with Gasteiger partial charge in [-0.05, 0) is 74.8 Å². The van der Waals surface area contributed by atoms with E-state index in [4.69, 9.17) is 0 Å². The maximum Gasteiger partial charge on any atom is 0.258 e. The number of carbonyl (C=O) groups is 2. The van der Waals surface area contributed by atoms with Crippen LogP contribution in [0.4, 0.5) is 0 Å². The largest absolute Gasteiger partial charge is 0.507 e. The molecular formula is C22H28N2O3. The molecule has 3 aliphatic heterocycles. The lowest BCUT2D eigenvalue weighted by Crippen LogP contribution is -2.51.